The molecule has 1 aliphatic rings. The van der Waals surface area contributed by atoms with Crippen LogP contribution in [0.4, 0.5) is 5.69 Å². The molecule has 0 aliphatic carbocycles. The molecule has 2 heterocycles. The monoisotopic (exact) mass is 328 g/mol. The molecule has 0 bridgehead atoms. The molecule has 0 unspecified atom stereocenters. The van der Waals surface area contributed by atoms with Crippen molar-refractivity contribution in [1.82, 2.24) is 4.98 Å². The molecule has 1 N–H and O–H groups in total. The van der Waals surface area contributed by atoms with Crippen LogP contribution >= 0.6 is 46.5 Å². The Morgan fingerprint density at radius 2 is 2.16 bits per heavy atom. The second kappa shape index (κ2) is 6.39. The van der Waals surface area contributed by atoms with Gasteiger partial charge in [-0.15, -0.1) is 34.9 Å². The molecule has 100 valence electrons. The number of anilines is 1. The van der Waals surface area contributed by atoms with Gasteiger partial charge in [-0.2, -0.15) is 0 Å². The van der Waals surface area contributed by atoms with Crippen LogP contribution < -0.4 is 5.32 Å². The fourth-order valence-corrected chi connectivity index (χ4v) is 5.66. The van der Waals surface area contributed by atoms with Gasteiger partial charge in [0.15, 0.2) is 4.47 Å². The average molecular weight is 329 g/mol. The molecule has 1 fully saturated rings. The Balaban J connectivity index is 1.65. The largest absolute Gasteiger partial charge is 0.380 e. The van der Waals surface area contributed by atoms with E-state index in [4.69, 9.17) is 11.6 Å². The molecule has 0 atom stereocenters. The van der Waals surface area contributed by atoms with Gasteiger partial charge in [0, 0.05) is 28.3 Å². The Labute approximate surface area is 130 Å². The quantitative estimate of drug-likeness (QED) is 0.864. The maximum atomic E-state index is 5.83. The highest BCUT2D eigenvalue weighted by Crippen LogP contribution is 2.45. The summed E-state index contributed by atoms with van der Waals surface area (Å²) in [5.41, 5.74) is 2.56. The van der Waals surface area contributed by atoms with Crippen molar-refractivity contribution in [3.05, 3.63) is 45.4 Å². The zero-order valence-electron chi connectivity index (χ0n) is 10.1. The summed E-state index contributed by atoms with van der Waals surface area (Å²) >= 11 is 11.4. The normalized spacial score (nSPS) is 15.8. The van der Waals surface area contributed by atoms with Gasteiger partial charge in [0.1, 0.15) is 0 Å². The molecule has 1 aromatic heterocycles. The third-order valence-corrected chi connectivity index (χ3v) is 6.99. The van der Waals surface area contributed by atoms with Gasteiger partial charge in [0.25, 0.3) is 0 Å². The number of benzene rings is 1. The molecule has 1 aliphatic heterocycles. The van der Waals surface area contributed by atoms with E-state index in [0.29, 0.717) is 9.05 Å². The SMILES string of the molecule is Clc1ncc(CNc2cccc(C3SCCS3)c2)s1. The first-order valence-electron chi connectivity index (χ1n) is 5.98. The van der Waals surface area contributed by atoms with Crippen molar-refractivity contribution in [2.45, 2.75) is 11.1 Å². The van der Waals surface area contributed by atoms with Gasteiger partial charge in [-0.25, -0.2) is 4.98 Å². The number of nitrogens with one attached hydrogen (secondary N) is 1. The number of thiazole rings is 1. The number of hydrogen-bond donors (Lipinski definition) is 1. The highest BCUT2D eigenvalue weighted by molar-refractivity contribution is 8.19. The lowest BCUT2D eigenvalue weighted by atomic mass is 10.2. The number of nitrogens with zero attached hydrogens (tertiary/aromatic N) is 1. The molecule has 3 rings (SSSR count). The minimum absolute atomic E-state index is 0.597. The van der Waals surface area contributed by atoms with Crippen LogP contribution in [0.5, 0.6) is 0 Å². The molecule has 2 nitrogen and oxygen atoms in total. The number of halogens is 1. The van der Waals surface area contributed by atoms with Gasteiger partial charge < -0.3 is 5.32 Å². The van der Waals surface area contributed by atoms with E-state index < -0.39 is 0 Å². The molecule has 6 heteroatoms. The van der Waals surface area contributed by atoms with Crippen LogP contribution in [0.1, 0.15) is 15.0 Å². The summed E-state index contributed by atoms with van der Waals surface area (Å²) in [6.07, 6.45) is 1.83. The molecule has 0 saturated carbocycles. The molecule has 19 heavy (non-hydrogen) atoms. The molecular weight excluding hydrogens is 316 g/mol. The van der Waals surface area contributed by atoms with Crippen LogP contribution in [0.25, 0.3) is 0 Å². The first-order valence-corrected chi connectivity index (χ1v) is 9.28. The van der Waals surface area contributed by atoms with E-state index >= 15 is 0 Å². The van der Waals surface area contributed by atoms with Crippen molar-refractivity contribution in [2.24, 2.45) is 0 Å². The van der Waals surface area contributed by atoms with E-state index in [9.17, 15) is 0 Å². The van der Waals surface area contributed by atoms with Crippen LogP contribution in [-0.2, 0) is 6.54 Å². The summed E-state index contributed by atoms with van der Waals surface area (Å²) < 4.78 is 1.20. The first kappa shape index (κ1) is 13.6. The van der Waals surface area contributed by atoms with Gasteiger partial charge >= 0.3 is 0 Å². The summed E-state index contributed by atoms with van der Waals surface area (Å²) in [7, 11) is 0. The second-order valence-corrected chi connectivity index (χ2v) is 8.55. The van der Waals surface area contributed by atoms with Crippen LogP contribution in [0, 0.1) is 0 Å². The second-order valence-electron chi connectivity index (χ2n) is 4.13. The number of hydrogen-bond acceptors (Lipinski definition) is 5. The van der Waals surface area contributed by atoms with Crippen molar-refractivity contribution < 1.29 is 0 Å². The van der Waals surface area contributed by atoms with Crippen molar-refractivity contribution in [1.29, 1.82) is 0 Å². The topological polar surface area (TPSA) is 24.9 Å². The number of thioether (sulfide) groups is 2. The summed E-state index contributed by atoms with van der Waals surface area (Å²) in [5, 5.41) is 3.43. The Bertz CT molecular complexity index is 552. The third kappa shape index (κ3) is 3.60. The van der Waals surface area contributed by atoms with E-state index in [1.54, 1.807) is 0 Å². The predicted molar refractivity (Wildman–Crippen MR) is 88.5 cm³/mol. The van der Waals surface area contributed by atoms with Gasteiger partial charge in [0.05, 0.1) is 11.1 Å². The maximum absolute atomic E-state index is 5.83. The summed E-state index contributed by atoms with van der Waals surface area (Å²) in [5.74, 6) is 2.51. The average Bonchev–Trinajstić information content (AvgIpc) is 3.08. The summed E-state index contributed by atoms with van der Waals surface area (Å²) in [4.78, 5) is 5.20. The van der Waals surface area contributed by atoms with E-state index in [0.717, 1.165) is 17.1 Å². The van der Waals surface area contributed by atoms with Crippen LogP contribution in [0.3, 0.4) is 0 Å². The Kier molecular flexibility index (Phi) is 4.58. The van der Waals surface area contributed by atoms with Crippen molar-refractivity contribution >= 4 is 52.1 Å². The minimum Gasteiger partial charge on any atom is -0.380 e. The summed E-state index contributed by atoms with van der Waals surface area (Å²) in [6.45, 7) is 0.777. The van der Waals surface area contributed by atoms with Gasteiger partial charge in [-0.3, -0.25) is 0 Å². The smallest absolute Gasteiger partial charge is 0.183 e. The van der Waals surface area contributed by atoms with Crippen molar-refractivity contribution in [3.8, 4) is 0 Å². The van der Waals surface area contributed by atoms with E-state index in [1.807, 2.05) is 29.7 Å². The van der Waals surface area contributed by atoms with Crippen molar-refractivity contribution in [3.63, 3.8) is 0 Å². The van der Waals surface area contributed by atoms with Crippen molar-refractivity contribution in [2.75, 3.05) is 16.8 Å². The fourth-order valence-electron chi connectivity index (χ4n) is 1.90. The minimum atomic E-state index is 0.597. The zero-order chi connectivity index (χ0) is 13.1. The molecule has 0 radical (unpaired) electrons. The van der Waals surface area contributed by atoms with Gasteiger partial charge in [-0.1, -0.05) is 23.7 Å². The van der Waals surface area contributed by atoms with Gasteiger partial charge in [-0.05, 0) is 17.7 Å². The number of aromatic nitrogens is 1. The first-order chi connectivity index (χ1) is 9.31. The lowest BCUT2D eigenvalue weighted by Gasteiger charge is -2.11. The van der Waals surface area contributed by atoms with Gasteiger partial charge in [0.2, 0.25) is 0 Å². The Hall–Kier alpha value is -0.360. The van der Waals surface area contributed by atoms with Crippen LogP contribution in [0.2, 0.25) is 4.47 Å². The molecular formula is C13H13ClN2S3. The lowest BCUT2D eigenvalue weighted by Crippen LogP contribution is -1.98. The Morgan fingerprint density at radius 1 is 1.32 bits per heavy atom. The fraction of sp³-hybridized carbons (Fsp3) is 0.308. The third-order valence-electron chi connectivity index (χ3n) is 2.77. The lowest BCUT2D eigenvalue weighted by molar-refractivity contribution is 1.17. The zero-order valence-corrected chi connectivity index (χ0v) is 13.3. The molecule has 2 aromatic rings. The number of rotatable bonds is 4. The highest BCUT2D eigenvalue weighted by Gasteiger charge is 2.18. The van der Waals surface area contributed by atoms with E-state index in [2.05, 4.69) is 34.6 Å². The standard InChI is InChI=1S/C13H13ClN2S3/c14-13-16-8-11(19-13)7-15-10-3-1-2-9(6-10)12-17-4-5-18-12/h1-3,6,8,12,15H,4-5,7H2. The van der Waals surface area contributed by atoms with Crippen LogP contribution in [-0.4, -0.2) is 16.5 Å². The maximum Gasteiger partial charge on any atom is 0.183 e. The summed E-state index contributed by atoms with van der Waals surface area (Å²) in [6, 6.07) is 8.69. The predicted octanol–water partition coefficient (Wildman–Crippen LogP) is 4.89. The van der Waals surface area contributed by atoms with E-state index in [1.165, 1.54) is 28.4 Å². The Morgan fingerprint density at radius 3 is 2.89 bits per heavy atom. The van der Waals surface area contributed by atoms with E-state index in [-0.39, 0.29) is 0 Å². The molecule has 0 amide bonds. The molecule has 1 aromatic carbocycles. The highest BCUT2D eigenvalue weighted by atomic mass is 35.5. The molecule has 1 saturated heterocycles. The van der Waals surface area contributed by atoms with Crippen LogP contribution in [0.15, 0.2) is 30.5 Å². The molecule has 0 spiro atoms.